The number of benzene rings is 1. The van der Waals surface area contributed by atoms with Crippen LogP contribution in [0.5, 0.6) is 0 Å². The summed E-state index contributed by atoms with van der Waals surface area (Å²) >= 11 is 0. The topological polar surface area (TPSA) is 43.1 Å². The lowest BCUT2D eigenvalue weighted by molar-refractivity contribution is -0.124. The summed E-state index contributed by atoms with van der Waals surface area (Å²) in [5.41, 5.74) is 4.35. The molecule has 18 heavy (non-hydrogen) atoms. The van der Waals surface area contributed by atoms with E-state index in [-0.39, 0.29) is 0 Å². The van der Waals surface area contributed by atoms with Crippen LogP contribution in [0.15, 0.2) is 28.8 Å². The van der Waals surface area contributed by atoms with Gasteiger partial charge in [-0.05, 0) is 30.9 Å². The molecule has 1 aromatic heterocycles. The average Bonchev–Trinajstić information content (AvgIpc) is 2.65. The van der Waals surface area contributed by atoms with Crippen LogP contribution in [-0.2, 0) is 4.79 Å². The molecule has 0 atom stereocenters. The monoisotopic (exact) mass is 241 g/mol. The van der Waals surface area contributed by atoms with Gasteiger partial charge in [0.05, 0.1) is 5.69 Å². The maximum absolute atomic E-state index is 11.1. The first-order valence-electron chi connectivity index (χ1n) is 6.20. The van der Waals surface area contributed by atoms with Crippen molar-refractivity contribution < 1.29 is 9.32 Å². The van der Waals surface area contributed by atoms with Gasteiger partial charge in [-0.3, -0.25) is 4.79 Å². The van der Waals surface area contributed by atoms with Gasteiger partial charge in [-0.2, -0.15) is 0 Å². The first kappa shape index (κ1) is 11.2. The normalized spacial score (nSPS) is 15.8. The van der Waals surface area contributed by atoms with Crippen molar-refractivity contribution in [2.45, 2.75) is 32.6 Å². The van der Waals surface area contributed by atoms with E-state index in [0.717, 1.165) is 22.6 Å². The van der Waals surface area contributed by atoms with Crippen LogP contribution in [-0.4, -0.2) is 10.9 Å². The van der Waals surface area contributed by atoms with Crippen molar-refractivity contribution in [3.63, 3.8) is 0 Å². The fraction of sp³-hybridized carbons (Fsp3) is 0.333. The summed E-state index contributed by atoms with van der Waals surface area (Å²) in [7, 11) is 0. The van der Waals surface area contributed by atoms with Crippen molar-refractivity contribution >= 4 is 5.78 Å². The molecule has 3 rings (SSSR count). The minimum absolute atomic E-state index is 0.364. The number of aryl methyl sites for hydroxylation is 2. The maximum atomic E-state index is 11.1. The molecule has 0 amide bonds. The lowest BCUT2D eigenvalue weighted by Crippen LogP contribution is -2.20. The number of hydrogen-bond donors (Lipinski definition) is 0. The smallest absolute Gasteiger partial charge is 0.141 e. The van der Waals surface area contributed by atoms with Crippen LogP contribution < -0.4 is 0 Å². The quantitative estimate of drug-likeness (QED) is 0.809. The molecule has 3 heteroatoms. The second-order valence-corrected chi connectivity index (χ2v) is 4.97. The molecule has 1 fully saturated rings. The number of nitrogens with zero attached hydrogens (tertiary/aromatic N) is 1. The van der Waals surface area contributed by atoms with Gasteiger partial charge in [0.1, 0.15) is 11.5 Å². The first-order valence-corrected chi connectivity index (χ1v) is 6.20. The highest BCUT2D eigenvalue weighted by atomic mass is 16.5. The second-order valence-electron chi connectivity index (χ2n) is 4.97. The summed E-state index contributed by atoms with van der Waals surface area (Å²) in [6, 6.07) is 8.36. The minimum Gasteiger partial charge on any atom is -0.361 e. The highest BCUT2D eigenvalue weighted by molar-refractivity contribution is 5.86. The number of rotatable bonds is 2. The van der Waals surface area contributed by atoms with E-state index in [0.29, 0.717) is 24.5 Å². The Morgan fingerprint density at radius 2 is 2.06 bits per heavy atom. The minimum atomic E-state index is 0.364. The first-order chi connectivity index (χ1) is 8.65. The largest absolute Gasteiger partial charge is 0.361 e. The van der Waals surface area contributed by atoms with Gasteiger partial charge >= 0.3 is 0 Å². The third kappa shape index (κ3) is 1.76. The predicted molar refractivity (Wildman–Crippen MR) is 68.4 cm³/mol. The molecule has 0 bridgehead atoms. The molecule has 0 saturated heterocycles. The number of Topliss-reactive ketones (excluding diaryl/α,β-unsaturated/α-hetero) is 1. The van der Waals surface area contributed by atoms with Crippen LogP contribution in [0.2, 0.25) is 0 Å². The van der Waals surface area contributed by atoms with Gasteiger partial charge in [0.15, 0.2) is 0 Å². The molecular formula is C15H15NO2. The van der Waals surface area contributed by atoms with Crippen LogP contribution >= 0.6 is 0 Å². The van der Waals surface area contributed by atoms with Crippen LogP contribution in [0.4, 0.5) is 0 Å². The number of ketones is 1. The number of hydrogen-bond acceptors (Lipinski definition) is 3. The van der Waals surface area contributed by atoms with E-state index in [1.54, 1.807) is 0 Å². The third-order valence-corrected chi connectivity index (χ3v) is 3.63. The third-order valence-electron chi connectivity index (χ3n) is 3.63. The highest BCUT2D eigenvalue weighted by Crippen LogP contribution is 2.36. The molecular weight excluding hydrogens is 226 g/mol. The molecule has 0 N–H and O–H groups in total. The summed E-state index contributed by atoms with van der Waals surface area (Å²) in [5, 5.41) is 3.98. The molecule has 1 heterocycles. The summed E-state index contributed by atoms with van der Waals surface area (Å²) < 4.78 is 5.20. The Balaban J connectivity index is 1.99. The van der Waals surface area contributed by atoms with Crippen molar-refractivity contribution in [2.24, 2.45) is 0 Å². The van der Waals surface area contributed by atoms with Gasteiger partial charge < -0.3 is 4.52 Å². The predicted octanol–water partition coefficient (Wildman–Crippen LogP) is 3.40. The Hall–Kier alpha value is -1.90. The van der Waals surface area contributed by atoms with E-state index in [1.807, 2.05) is 19.9 Å². The van der Waals surface area contributed by atoms with Crippen molar-refractivity contribution in [1.29, 1.82) is 0 Å². The van der Waals surface area contributed by atoms with Crippen molar-refractivity contribution in [2.75, 3.05) is 0 Å². The Morgan fingerprint density at radius 1 is 1.28 bits per heavy atom. The van der Waals surface area contributed by atoms with E-state index < -0.39 is 0 Å². The Kier molecular flexibility index (Phi) is 2.54. The lowest BCUT2D eigenvalue weighted by atomic mass is 9.78. The zero-order valence-electron chi connectivity index (χ0n) is 10.6. The summed E-state index contributed by atoms with van der Waals surface area (Å²) in [4.78, 5) is 11.1. The van der Waals surface area contributed by atoms with Crippen LogP contribution in [0, 0.1) is 13.8 Å². The van der Waals surface area contributed by atoms with Crippen molar-refractivity contribution in [3.8, 4) is 11.1 Å². The summed E-state index contributed by atoms with van der Waals surface area (Å²) in [6.07, 6.45) is 1.37. The fourth-order valence-corrected chi connectivity index (χ4v) is 2.57. The van der Waals surface area contributed by atoms with E-state index in [4.69, 9.17) is 4.52 Å². The summed E-state index contributed by atoms with van der Waals surface area (Å²) in [6.45, 7) is 3.88. The molecule has 0 radical (unpaired) electrons. The number of aromatic nitrogens is 1. The average molecular weight is 241 g/mol. The zero-order chi connectivity index (χ0) is 12.7. The number of carbonyl (C=O) groups excluding carboxylic acids is 1. The van der Waals surface area contributed by atoms with E-state index >= 15 is 0 Å². The fourth-order valence-electron chi connectivity index (χ4n) is 2.57. The molecule has 1 aliphatic rings. The lowest BCUT2D eigenvalue weighted by Gasteiger charge is -2.24. The number of carbonyl (C=O) groups is 1. The summed E-state index contributed by atoms with van der Waals surface area (Å²) in [5.74, 6) is 1.61. The van der Waals surface area contributed by atoms with Crippen LogP contribution in [0.3, 0.4) is 0 Å². The zero-order valence-corrected chi connectivity index (χ0v) is 10.6. The van der Waals surface area contributed by atoms with E-state index in [2.05, 4.69) is 23.4 Å². The van der Waals surface area contributed by atoms with Crippen LogP contribution in [0.1, 0.15) is 35.8 Å². The highest BCUT2D eigenvalue weighted by Gasteiger charge is 2.28. The van der Waals surface area contributed by atoms with Gasteiger partial charge in [0.25, 0.3) is 0 Å². The molecule has 2 aromatic rings. The Labute approximate surface area is 106 Å². The van der Waals surface area contributed by atoms with Crippen LogP contribution in [0.25, 0.3) is 11.1 Å². The van der Waals surface area contributed by atoms with Gasteiger partial charge in [0, 0.05) is 18.4 Å². The standard InChI is InChI=1S/C15H15NO2/c1-9-15(10(2)18-16-9)12-5-3-4-11(6-12)13-7-14(17)8-13/h3-6,13H,7-8H2,1-2H3. The molecule has 0 aliphatic heterocycles. The van der Waals surface area contributed by atoms with E-state index in [9.17, 15) is 4.79 Å². The van der Waals surface area contributed by atoms with Gasteiger partial charge in [-0.1, -0.05) is 29.4 Å². The molecule has 0 spiro atoms. The molecule has 92 valence electrons. The molecule has 3 nitrogen and oxygen atoms in total. The molecule has 0 unspecified atom stereocenters. The molecule has 1 aromatic carbocycles. The van der Waals surface area contributed by atoms with Gasteiger partial charge in [-0.15, -0.1) is 0 Å². The Morgan fingerprint density at radius 3 is 2.67 bits per heavy atom. The van der Waals surface area contributed by atoms with Gasteiger partial charge in [-0.25, -0.2) is 0 Å². The Bertz CT molecular complexity index is 585. The molecule has 1 saturated carbocycles. The van der Waals surface area contributed by atoms with Crippen molar-refractivity contribution in [3.05, 3.63) is 41.3 Å². The van der Waals surface area contributed by atoms with E-state index in [1.165, 1.54) is 5.56 Å². The van der Waals surface area contributed by atoms with Crippen molar-refractivity contribution in [1.82, 2.24) is 5.16 Å². The molecule has 1 aliphatic carbocycles. The van der Waals surface area contributed by atoms with Gasteiger partial charge in [0.2, 0.25) is 0 Å². The second kappa shape index (κ2) is 4.09. The maximum Gasteiger partial charge on any atom is 0.141 e. The SMILES string of the molecule is Cc1noc(C)c1-c1cccc(C2CC(=O)C2)c1.